The van der Waals surface area contributed by atoms with E-state index in [0.717, 1.165) is 12.1 Å². The summed E-state index contributed by atoms with van der Waals surface area (Å²) in [6.45, 7) is 12.6. The first kappa shape index (κ1) is 22.6. The van der Waals surface area contributed by atoms with E-state index >= 15 is 0 Å². The topological polar surface area (TPSA) is 78.5 Å². The molecule has 1 rings (SSSR count). The number of amides is 1. The first-order valence-electron chi connectivity index (χ1n) is 8.71. The van der Waals surface area contributed by atoms with Crippen LogP contribution in [-0.4, -0.2) is 51.9 Å². The third kappa shape index (κ3) is 7.05. The molecule has 0 aliphatic rings. The highest BCUT2D eigenvalue weighted by Gasteiger charge is 2.24. The largest absolute Gasteiger partial charge is 0.351 e. The van der Waals surface area contributed by atoms with Crippen LogP contribution < -0.4 is 10.0 Å². The number of sulfonamides is 1. The third-order valence-corrected chi connectivity index (χ3v) is 5.43. The molecule has 0 aliphatic heterocycles. The number of aryl methyl sites for hydroxylation is 1. The maximum atomic E-state index is 12.6. The average Bonchev–Trinajstić information content (AvgIpc) is 2.41. The Bertz CT molecular complexity index is 748. The van der Waals surface area contributed by atoms with Gasteiger partial charge in [0.05, 0.1) is 4.90 Å². The lowest BCUT2D eigenvalue weighted by molar-refractivity contribution is 0.0928. The molecule has 6 nitrogen and oxygen atoms in total. The van der Waals surface area contributed by atoms with E-state index in [4.69, 9.17) is 0 Å². The molecule has 1 aromatic carbocycles. The van der Waals surface area contributed by atoms with Crippen molar-refractivity contribution in [3.63, 3.8) is 0 Å². The van der Waals surface area contributed by atoms with Crippen LogP contribution in [0.3, 0.4) is 0 Å². The highest BCUT2D eigenvalue weighted by atomic mass is 32.2. The van der Waals surface area contributed by atoms with Crippen molar-refractivity contribution in [2.24, 2.45) is 5.41 Å². The van der Waals surface area contributed by atoms with Gasteiger partial charge in [-0.25, -0.2) is 13.1 Å². The molecule has 7 heteroatoms. The standard InChI is InChI=1S/C19H33N3O3S/c1-14-9-10-15(26(24,25)21-18(2,3)4)11-16(14)17(23)20-12-19(5,6)13-22(7)8/h9-11,21H,12-13H2,1-8H3,(H,20,23). The molecule has 0 aromatic heterocycles. The summed E-state index contributed by atoms with van der Waals surface area (Å²) in [6, 6.07) is 4.63. The molecular weight excluding hydrogens is 350 g/mol. The number of rotatable bonds is 7. The van der Waals surface area contributed by atoms with Crippen LogP contribution in [-0.2, 0) is 10.0 Å². The van der Waals surface area contributed by atoms with Gasteiger partial charge < -0.3 is 10.2 Å². The molecule has 26 heavy (non-hydrogen) atoms. The Morgan fingerprint density at radius 3 is 2.19 bits per heavy atom. The van der Waals surface area contributed by atoms with Gasteiger partial charge in [-0.1, -0.05) is 19.9 Å². The van der Waals surface area contributed by atoms with Crippen molar-refractivity contribution in [3.05, 3.63) is 29.3 Å². The van der Waals surface area contributed by atoms with E-state index in [1.807, 2.05) is 14.1 Å². The number of carbonyl (C=O) groups excluding carboxylic acids is 1. The monoisotopic (exact) mass is 383 g/mol. The first-order chi connectivity index (χ1) is 11.6. The lowest BCUT2D eigenvalue weighted by Gasteiger charge is -2.28. The number of nitrogens with one attached hydrogen (secondary N) is 2. The quantitative estimate of drug-likeness (QED) is 0.758. The Kier molecular flexibility index (Phi) is 7.01. The van der Waals surface area contributed by atoms with Gasteiger partial charge in [0.2, 0.25) is 10.0 Å². The van der Waals surface area contributed by atoms with E-state index in [1.54, 1.807) is 33.8 Å². The number of hydrogen-bond donors (Lipinski definition) is 2. The van der Waals surface area contributed by atoms with Gasteiger partial charge >= 0.3 is 0 Å². The van der Waals surface area contributed by atoms with E-state index in [-0.39, 0.29) is 16.2 Å². The number of nitrogens with zero attached hydrogens (tertiary/aromatic N) is 1. The molecule has 0 saturated carbocycles. The third-order valence-electron chi connectivity index (χ3n) is 3.68. The van der Waals surface area contributed by atoms with Crippen molar-refractivity contribution in [2.75, 3.05) is 27.2 Å². The van der Waals surface area contributed by atoms with Gasteiger partial charge in [0, 0.05) is 24.2 Å². The summed E-state index contributed by atoms with van der Waals surface area (Å²) in [6.07, 6.45) is 0. The Hall–Kier alpha value is -1.44. The van der Waals surface area contributed by atoms with Gasteiger partial charge in [0.15, 0.2) is 0 Å². The smallest absolute Gasteiger partial charge is 0.251 e. The zero-order valence-electron chi connectivity index (χ0n) is 17.2. The van der Waals surface area contributed by atoms with Gasteiger partial charge in [-0.3, -0.25) is 4.79 Å². The van der Waals surface area contributed by atoms with Gasteiger partial charge in [0.1, 0.15) is 0 Å². The van der Waals surface area contributed by atoms with Crippen LogP contribution in [0.2, 0.25) is 0 Å². The second-order valence-electron chi connectivity index (χ2n) is 8.92. The van der Waals surface area contributed by atoms with Crippen molar-refractivity contribution >= 4 is 15.9 Å². The van der Waals surface area contributed by atoms with Crippen LogP contribution >= 0.6 is 0 Å². The van der Waals surface area contributed by atoms with Crippen molar-refractivity contribution in [3.8, 4) is 0 Å². The number of hydrogen-bond acceptors (Lipinski definition) is 4. The minimum absolute atomic E-state index is 0.0927. The molecule has 0 unspecified atom stereocenters. The maximum absolute atomic E-state index is 12.6. The molecule has 0 aliphatic carbocycles. The first-order valence-corrected chi connectivity index (χ1v) is 10.2. The van der Waals surface area contributed by atoms with Crippen LogP contribution in [0.1, 0.15) is 50.5 Å². The highest BCUT2D eigenvalue weighted by molar-refractivity contribution is 7.89. The van der Waals surface area contributed by atoms with Gasteiger partial charge in [-0.2, -0.15) is 0 Å². The van der Waals surface area contributed by atoms with Crippen molar-refractivity contribution in [2.45, 2.75) is 52.0 Å². The zero-order chi connectivity index (χ0) is 20.3. The molecule has 1 aromatic rings. The van der Waals surface area contributed by atoms with E-state index in [0.29, 0.717) is 12.1 Å². The average molecular weight is 384 g/mol. The molecule has 2 N–H and O–H groups in total. The number of carbonyl (C=O) groups is 1. The van der Waals surface area contributed by atoms with Crippen LogP contribution in [0, 0.1) is 12.3 Å². The molecule has 0 radical (unpaired) electrons. The zero-order valence-corrected chi connectivity index (χ0v) is 18.0. The van der Waals surface area contributed by atoms with Gasteiger partial charge in [-0.05, 0) is 64.9 Å². The molecule has 0 bridgehead atoms. The second kappa shape index (κ2) is 8.06. The van der Waals surface area contributed by atoms with E-state index in [1.165, 1.54) is 12.1 Å². The predicted octanol–water partition coefficient (Wildman–Crippen LogP) is 2.39. The molecule has 0 heterocycles. The summed E-state index contributed by atoms with van der Waals surface area (Å²) < 4.78 is 27.7. The summed E-state index contributed by atoms with van der Waals surface area (Å²) in [5.41, 5.74) is 0.428. The molecular formula is C19H33N3O3S. The summed E-state index contributed by atoms with van der Waals surface area (Å²) in [5.74, 6) is -0.262. The maximum Gasteiger partial charge on any atom is 0.251 e. The summed E-state index contributed by atoms with van der Waals surface area (Å²) in [7, 11) is 0.294. The highest BCUT2D eigenvalue weighted by Crippen LogP contribution is 2.19. The molecule has 0 fully saturated rings. The Morgan fingerprint density at radius 2 is 1.69 bits per heavy atom. The minimum atomic E-state index is -3.69. The van der Waals surface area contributed by atoms with Crippen molar-refractivity contribution in [1.82, 2.24) is 14.9 Å². The molecule has 148 valence electrons. The second-order valence-corrected chi connectivity index (χ2v) is 10.6. The minimum Gasteiger partial charge on any atom is -0.351 e. The molecule has 0 spiro atoms. The van der Waals surface area contributed by atoms with E-state index in [2.05, 4.69) is 28.8 Å². The van der Waals surface area contributed by atoms with Crippen molar-refractivity contribution in [1.29, 1.82) is 0 Å². The SMILES string of the molecule is Cc1ccc(S(=O)(=O)NC(C)(C)C)cc1C(=O)NCC(C)(C)CN(C)C. The van der Waals surface area contributed by atoms with Crippen LogP contribution in [0.5, 0.6) is 0 Å². The number of benzene rings is 1. The predicted molar refractivity (Wildman–Crippen MR) is 106 cm³/mol. The fourth-order valence-corrected chi connectivity index (χ4v) is 4.25. The summed E-state index contributed by atoms with van der Waals surface area (Å²) >= 11 is 0. The lowest BCUT2D eigenvalue weighted by Crippen LogP contribution is -2.41. The fraction of sp³-hybridized carbons (Fsp3) is 0.632. The van der Waals surface area contributed by atoms with Crippen LogP contribution in [0.4, 0.5) is 0 Å². The molecule has 0 atom stereocenters. The summed E-state index contributed by atoms with van der Waals surface area (Å²) in [5, 5.41) is 2.93. The Balaban J connectivity index is 3.02. The molecule has 1 amide bonds. The lowest BCUT2D eigenvalue weighted by atomic mass is 9.92. The Morgan fingerprint density at radius 1 is 1.12 bits per heavy atom. The van der Waals surface area contributed by atoms with Gasteiger partial charge in [-0.15, -0.1) is 0 Å². The van der Waals surface area contributed by atoms with Crippen molar-refractivity contribution < 1.29 is 13.2 Å². The van der Waals surface area contributed by atoms with Gasteiger partial charge in [0.25, 0.3) is 5.91 Å². The van der Waals surface area contributed by atoms with Crippen LogP contribution in [0.15, 0.2) is 23.1 Å². The van der Waals surface area contributed by atoms with E-state index < -0.39 is 15.6 Å². The van der Waals surface area contributed by atoms with E-state index in [9.17, 15) is 13.2 Å². The van der Waals surface area contributed by atoms with Crippen LogP contribution in [0.25, 0.3) is 0 Å². The fourth-order valence-electron chi connectivity index (χ4n) is 2.80. The Labute approximate surface area is 158 Å². The summed E-state index contributed by atoms with van der Waals surface area (Å²) in [4.78, 5) is 14.8. The molecule has 0 saturated heterocycles. The normalized spacial score (nSPS) is 13.1.